The molecule has 0 aromatic carbocycles. The molecule has 0 radical (unpaired) electrons. The second kappa shape index (κ2) is 12.5. The summed E-state index contributed by atoms with van der Waals surface area (Å²) in [6.45, 7) is 19.8. The summed E-state index contributed by atoms with van der Waals surface area (Å²) in [5, 5.41) is 12.8. The van der Waals surface area contributed by atoms with Crippen LogP contribution < -0.4 is 5.32 Å². The van der Waals surface area contributed by atoms with E-state index < -0.39 is 0 Å². The lowest BCUT2D eigenvalue weighted by Gasteiger charge is -2.61. The maximum Gasteiger partial charge on any atom is 0.317 e. The summed E-state index contributed by atoms with van der Waals surface area (Å²) >= 11 is 0. The van der Waals surface area contributed by atoms with Gasteiger partial charge in [-0.2, -0.15) is 0 Å². The molecule has 2 N–H and O–H groups in total. The van der Waals surface area contributed by atoms with Crippen LogP contribution >= 0.6 is 0 Å². The number of nitrogens with one attached hydrogen (secondary N) is 1. The maximum absolute atomic E-state index is 13.0. The Morgan fingerprint density at radius 2 is 1.81 bits per heavy atom. The largest absolute Gasteiger partial charge is 0.492 e. The average Bonchev–Trinajstić information content (AvgIpc) is 3.43. The minimum atomic E-state index is -0.00825. The first kappa shape index (κ1) is 31.9. The van der Waals surface area contributed by atoms with E-state index in [4.69, 9.17) is 4.74 Å². The highest BCUT2D eigenvalue weighted by molar-refractivity contribution is 5.74. The molecule has 2 saturated heterocycles. The molecule has 6 fully saturated rings. The number of amides is 2. The molecule has 0 spiro atoms. The van der Waals surface area contributed by atoms with Crippen LogP contribution in [0.25, 0.3) is 0 Å². The molecule has 10 atom stereocenters. The summed E-state index contributed by atoms with van der Waals surface area (Å²) in [5.41, 5.74) is 0.805. The first-order valence-electron chi connectivity index (χ1n) is 17.3. The highest BCUT2D eigenvalue weighted by atomic mass is 16.5. The van der Waals surface area contributed by atoms with E-state index in [-0.39, 0.29) is 25.4 Å². The predicted octanol–water partition coefficient (Wildman–Crippen LogP) is 8.08. The second-order valence-corrected chi connectivity index (χ2v) is 15.8. The molecule has 4 unspecified atom stereocenters. The Bertz CT molecular complexity index is 1020. The summed E-state index contributed by atoms with van der Waals surface area (Å²) in [7, 11) is 2.14. The molecule has 6 nitrogen and oxygen atoms in total. The van der Waals surface area contributed by atoms with Crippen LogP contribution in [0.2, 0.25) is 0 Å². The zero-order valence-corrected chi connectivity index (χ0v) is 27.5. The van der Waals surface area contributed by atoms with Crippen molar-refractivity contribution in [2.75, 3.05) is 39.8 Å². The van der Waals surface area contributed by atoms with Crippen LogP contribution in [0.4, 0.5) is 4.79 Å². The summed E-state index contributed by atoms with van der Waals surface area (Å²) < 4.78 is 6.82. The number of aliphatic hydroxyl groups is 1. The van der Waals surface area contributed by atoms with E-state index in [0.29, 0.717) is 28.7 Å². The Labute approximate surface area is 264 Å². The number of likely N-dealkylation sites (N-methyl/N-ethyl adjacent to an activating group) is 1. The Hall–Kier alpha value is -1.53. The van der Waals surface area contributed by atoms with Crippen LogP contribution in [0.1, 0.15) is 105 Å². The Morgan fingerprint density at radius 3 is 2.52 bits per heavy atom. The van der Waals surface area contributed by atoms with Gasteiger partial charge in [-0.25, -0.2) is 4.79 Å². The lowest BCUT2D eigenvalue weighted by molar-refractivity contribution is -0.114. The standard InChI is InChI=1S/C34H57N3O3.C2H4.5H2/c1-23(22-38)7-6-8-26-20-30-33(3)14-12-28-27(29(33)21-34(30,4)40-26)10-9-24-19-25(11-13-32(24,28)2)35-31(39)37-17-15-36(5)16-18-37;1-2;;;;;/h8,23-25,27-30,38H,6-7,9-22H2,1-5H3,(H,35,39);1-2H2;5*1H/b26-8-;;;;;;/t23-,24+,25+,27+,28?,29?,30?,32-,33-,34?;;;;;;/m0....../s1. The summed E-state index contributed by atoms with van der Waals surface area (Å²) in [4.78, 5) is 17.4. The first-order chi connectivity index (χ1) is 20.1. The van der Waals surface area contributed by atoms with Crippen LogP contribution in [0.3, 0.4) is 0 Å². The van der Waals surface area contributed by atoms with Crippen LogP contribution in [0.5, 0.6) is 0 Å². The van der Waals surface area contributed by atoms with E-state index in [0.717, 1.165) is 75.5 Å². The van der Waals surface area contributed by atoms with Gasteiger partial charge in [0.1, 0.15) is 5.60 Å². The molecule has 2 aliphatic heterocycles. The molecular formula is C36H71N3O3. The summed E-state index contributed by atoms with van der Waals surface area (Å²) in [6.07, 6.45) is 15.8. The van der Waals surface area contributed by atoms with Gasteiger partial charge in [0.05, 0.1) is 5.76 Å². The van der Waals surface area contributed by atoms with Gasteiger partial charge < -0.3 is 25.0 Å². The van der Waals surface area contributed by atoms with E-state index in [2.05, 4.69) is 64.2 Å². The molecule has 2 amide bonds. The Morgan fingerprint density at radius 1 is 1.10 bits per heavy atom. The average molecular weight is 594 g/mol. The number of allylic oxidation sites excluding steroid dienone is 2. The molecule has 4 aliphatic carbocycles. The molecule has 6 aliphatic rings. The van der Waals surface area contributed by atoms with Crippen molar-refractivity contribution in [1.29, 1.82) is 0 Å². The monoisotopic (exact) mass is 594 g/mol. The summed E-state index contributed by atoms with van der Waals surface area (Å²) in [5.74, 6) is 5.42. The van der Waals surface area contributed by atoms with Gasteiger partial charge in [-0.1, -0.05) is 20.8 Å². The molecule has 0 aromatic rings. The smallest absolute Gasteiger partial charge is 0.317 e. The van der Waals surface area contributed by atoms with Gasteiger partial charge in [-0.3, -0.25) is 0 Å². The van der Waals surface area contributed by atoms with E-state index in [1.807, 2.05) is 4.90 Å². The third-order valence-electron chi connectivity index (χ3n) is 13.5. The highest BCUT2D eigenvalue weighted by Gasteiger charge is 2.67. The number of nitrogens with zero attached hydrogens (tertiary/aromatic N) is 2. The molecule has 4 saturated carbocycles. The lowest BCUT2D eigenvalue weighted by Crippen LogP contribution is -2.57. The Balaban J connectivity index is 0.00000297. The quantitative estimate of drug-likeness (QED) is 0.316. The predicted molar refractivity (Wildman–Crippen MR) is 181 cm³/mol. The third-order valence-corrected chi connectivity index (χ3v) is 13.5. The van der Waals surface area contributed by atoms with Gasteiger partial charge in [-0.05, 0) is 125 Å². The van der Waals surface area contributed by atoms with Crippen LogP contribution in [0, 0.1) is 46.3 Å². The van der Waals surface area contributed by atoms with E-state index in [1.165, 1.54) is 50.7 Å². The van der Waals surface area contributed by atoms with Gasteiger partial charge >= 0.3 is 6.03 Å². The molecule has 0 bridgehead atoms. The van der Waals surface area contributed by atoms with Gasteiger partial charge in [0, 0.05) is 58.3 Å². The number of fused-ring (bicyclic) bond motifs is 7. The third kappa shape index (κ3) is 5.69. The summed E-state index contributed by atoms with van der Waals surface area (Å²) in [6, 6.07) is 0.519. The van der Waals surface area contributed by atoms with Crippen LogP contribution in [0.15, 0.2) is 25.0 Å². The number of rotatable bonds is 5. The first-order valence-corrected chi connectivity index (χ1v) is 17.3. The molecule has 42 heavy (non-hydrogen) atoms. The second-order valence-electron chi connectivity index (χ2n) is 15.8. The number of carbonyl (C=O) groups is 1. The fraction of sp³-hybridized carbons (Fsp3) is 0.861. The van der Waals surface area contributed by atoms with Gasteiger partial charge in [0.25, 0.3) is 0 Å². The molecule has 0 aromatic heterocycles. The highest BCUT2D eigenvalue weighted by Crippen LogP contribution is 2.71. The fourth-order valence-corrected chi connectivity index (χ4v) is 11.0. The van der Waals surface area contributed by atoms with Gasteiger partial charge in [0.2, 0.25) is 0 Å². The number of urea groups is 1. The van der Waals surface area contributed by atoms with Crippen molar-refractivity contribution in [1.82, 2.24) is 15.1 Å². The normalized spacial score (nSPS) is 44.5. The lowest BCUT2D eigenvalue weighted by atomic mass is 9.44. The Kier molecular flexibility index (Phi) is 9.46. The van der Waals surface area contributed by atoms with Crippen molar-refractivity contribution >= 4 is 6.03 Å². The van der Waals surface area contributed by atoms with Gasteiger partial charge in [0.15, 0.2) is 0 Å². The zero-order chi connectivity index (χ0) is 30.3. The van der Waals surface area contributed by atoms with Crippen molar-refractivity contribution in [3.63, 3.8) is 0 Å². The number of aliphatic hydroxyl groups excluding tert-OH is 1. The number of piperazine rings is 1. The minimum Gasteiger partial charge on any atom is -0.492 e. The van der Waals surface area contributed by atoms with Gasteiger partial charge in [-0.15, -0.1) is 13.2 Å². The molecule has 248 valence electrons. The molecule has 6 heteroatoms. The zero-order valence-electron chi connectivity index (χ0n) is 27.5. The van der Waals surface area contributed by atoms with Crippen LogP contribution in [-0.2, 0) is 4.74 Å². The molecule has 2 heterocycles. The SMILES string of the molecule is C=C.C[C@H](CO)CC/C=C1/CC2C(C)(CC3[C@@H]4CC[C@@H]5C[C@H](NC(=O)N6CCN(C)CC6)CC[C@]5(C)C4CC[C@@]32C)O1.[HH].[HH].[HH].[HH].[HH]. The van der Waals surface area contributed by atoms with Crippen molar-refractivity contribution in [2.24, 2.45) is 46.3 Å². The van der Waals surface area contributed by atoms with Crippen molar-refractivity contribution < 1.29 is 21.8 Å². The molecular weight excluding hydrogens is 522 g/mol. The topological polar surface area (TPSA) is 65.0 Å². The fourth-order valence-electron chi connectivity index (χ4n) is 11.0. The van der Waals surface area contributed by atoms with E-state index >= 15 is 0 Å². The maximum atomic E-state index is 13.0. The van der Waals surface area contributed by atoms with Crippen molar-refractivity contribution in [3.05, 3.63) is 25.0 Å². The number of carbonyl (C=O) groups excluding carboxylic acids is 1. The number of ether oxygens (including phenoxy) is 1. The van der Waals surface area contributed by atoms with Crippen LogP contribution in [-0.4, -0.2) is 72.4 Å². The van der Waals surface area contributed by atoms with Crippen molar-refractivity contribution in [3.8, 4) is 0 Å². The number of hydrogen-bond donors (Lipinski definition) is 2. The van der Waals surface area contributed by atoms with E-state index in [1.54, 1.807) is 0 Å². The molecule has 6 rings (SSSR count). The minimum absolute atomic E-state index is 0. The van der Waals surface area contributed by atoms with Crippen molar-refractivity contribution in [2.45, 2.75) is 110 Å². The number of hydrogen-bond acceptors (Lipinski definition) is 4. The van der Waals surface area contributed by atoms with E-state index in [9.17, 15) is 9.90 Å².